The maximum atomic E-state index is 12.3. The second-order valence-electron chi connectivity index (χ2n) is 7.05. The predicted octanol–water partition coefficient (Wildman–Crippen LogP) is 3.00. The molecule has 1 aliphatic heterocycles. The van der Waals surface area contributed by atoms with E-state index >= 15 is 0 Å². The molecule has 0 bridgehead atoms. The van der Waals surface area contributed by atoms with Gasteiger partial charge in [-0.3, -0.25) is 4.79 Å². The Morgan fingerprint density at radius 2 is 1.95 bits per heavy atom. The van der Waals surface area contributed by atoms with E-state index in [9.17, 15) is 4.79 Å². The lowest BCUT2D eigenvalue weighted by Gasteiger charge is -2.38. The van der Waals surface area contributed by atoms with Crippen molar-refractivity contribution in [1.82, 2.24) is 10.6 Å². The Balaban J connectivity index is 1.62. The summed E-state index contributed by atoms with van der Waals surface area (Å²) in [6.07, 6.45) is 8.09. The topological polar surface area (TPSA) is 41.1 Å². The first-order valence-corrected chi connectivity index (χ1v) is 8.81. The van der Waals surface area contributed by atoms with Gasteiger partial charge in [-0.05, 0) is 43.8 Å². The molecule has 2 aliphatic rings. The number of carbonyl (C=O) groups is 1. The molecular formula is C19H28N2O. The lowest BCUT2D eigenvalue weighted by Crippen LogP contribution is -2.42. The van der Waals surface area contributed by atoms with Gasteiger partial charge in [0.2, 0.25) is 5.91 Å². The van der Waals surface area contributed by atoms with Crippen LogP contribution in [-0.4, -0.2) is 25.5 Å². The molecule has 1 atom stereocenters. The molecule has 120 valence electrons. The number of hydrogen-bond donors (Lipinski definition) is 2. The summed E-state index contributed by atoms with van der Waals surface area (Å²) in [5, 5.41) is 6.59. The molecular weight excluding hydrogens is 272 g/mol. The lowest BCUT2D eigenvalue weighted by molar-refractivity contribution is -0.122. The molecule has 1 aromatic carbocycles. The zero-order valence-corrected chi connectivity index (χ0v) is 13.4. The number of amides is 1. The van der Waals surface area contributed by atoms with Gasteiger partial charge < -0.3 is 10.6 Å². The molecule has 3 rings (SSSR count). The third kappa shape index (κ3) is 3.70. The SMILES string of the molecule is O=C(C[C@@H]1CCNC1)NCC1(c2ccccc2)CCCCC1. The average Bonchev–Trinajstić information content (AvgIpc) is 3.08. The van der Waals surface area contributed by atoms with Gasteiger partial charge >= 0.3 is 0 Å². The van der Waals surface area contributed by atoms with Crippen LogP contribution >= 0.6 is 0 Å². The minimum absolute atomic E-state index is 0.156. The van der Waals surface area contributed by atoms with E-state index in [1.54, 1.807) is 0 Å². The molecule has 1 heterocycles. The summed E-state index contributed by atoms with van der Waals surface area (Å²) in [5.74, 6) is 0.758. The fraction of sp³-hybridized carbons (Fsp3) is 0.632. The van der Waals surface area contributed by atoms with E-state index in [-0.39, 0.29) is 11.3 Å². The van der Waals surface area contributed by atoms with Crippen LogP contribution in [0.15, 0.2) is 30.3 Å². The number of carbonyl (C=O) groups excluding carboxylic acids is 1. The molecule has 0 spiro atoms. The van der Waals surface area contributed by atoms with Gasteiger partial charge in [0.1, 0.15) is 0 Å². The molecule has 3 heteroatoms. The number of nitrogens with one attached hydrogen (secondary N) is 2. The first-order chi connectivity index (χ1) is 10.8. The summed E-state index contributed by atoms with van der Waals surface area (Å²) in [5.41, 5.74) is 1.56. The summed E-state index contributed by atoms with van der Waals surface area (Å²) in [4.78, 5) is 12.3. The maximum absolute atomic E-state index is 12.3. The molecule has 0 radical (unpaired) electrons. The quantitative estimate of drug-likeness (QED) is 0.877. The van der Waals surface area contributed by atoms with Crippen molar-refractivity contribution in [1.29, 1.82) is 0 Å². The Morgan fingerprint density at radius 3 is 2.64 bits per heavy atom. The normalized spacial score (nSPS) is 24.1. The van der Waals surface area contributed by atoms with Gasteiger partial charge in [-0.15, -0.1) is 0 Å². The average molecular weight is 300 g/mol. The minimum atomic E-state index is 0.156. The van der Waals surface area contributed by atoms with Crippen LogP contribution in [0.3, 0.4) is 0 Å². The maximum Gasteiger partial charge on any atom is 0.220 e. The van der Waals surface area contributed by atoms with E-state index in [0.29, 0.717) is 12.3 Å². The molecule has 2 fully saturated rings. The Hall–Kier alpha value is -1.35. The van der Waals surface area contributed by atoms with Crippen LogP contribution in [0.1, 0.15) is 50.5 Å². The highest BCUT2D eigenvalue weighted by Crippen LogP contribution is 2.38. The minimum Gasteiger partial charge on any atom is -0.355 e. The van der Waals surface area contributed by atoms with E-state index in [1.807, 2.05) is 0 Å². The van der Waals surface area contributed by atoms with Crippen molar-refractivity contribution in [2.45, 2.75) is 50.4 Å². The van der Waals surface area contributed by atoms with E-state index in [0.717, 1.165) is 26.1 Å². The van der Waals surface area contributed by atoms with Crippen LogP contribution in [0.4, 0.5) is 0 Å². The lowest BCUT2D eigenvalue weighted by atomic mass is 9.69. The van der Waals surface area contributed by atoms with Gasteiger partial charge in [-0.25, -0.2) is 0 Å². The highest BCUT2D eigenvalue weighted by molar-refractivity contribution is 5.76. The van der Waals surface area contributed by atoms with Gasteiger partial charge in [-0.1, -0.05) is 49.6 Å². The Morgan fingerprint density at radius 1 is 1.18 bits per heavy atom. The van der Waals surface area contributed by atoms with Crippen LogP contribution < -0.4 is 10.6 Å². The van der Waals surface area contributed by atoms with Crippen LogP contribution in [0, 0.1) is 5.92 Å². The highest BCUT2D eigenvalue weighted by atomic mass is 16.1. The molecule has 2 N–H and O–H groups in total. The third-order valence-corrected chi connectivity index (χ3v) is 5.46. The molecule has 3 nitrogen and oxygen atoms in total. The van der Waals surface area contributed by atoms with E-state index < -0.39 is 0 Å². The van der Waals surface area contributed by atoms with E-state index in [4.69, 9.17) is 0 Å². The van der Waals surface area contributed by atoms with Crippen molar-refractivity contribution in [3.05, 3.63) is 35.9 Å². The second kappa shape index (κ2) is 7.28. The van der Waals surface area contributed by atoms with Crippen molar-refractivity contribution in [3.8, 4) is 0 Å². The van der Waals surface area contributed by atoms with Crippen molar-refractivity contribution in [3.63, 3.8) is 0 Å². The summed E-state index contributed by atoms with van der Waals surface area (Å²) in [6.45, 7) is 2.86. The molecule has 1 saturated heterocycles. The van der Waals surface area contributed by atoms with Crippen molar-refractivity contribution < 1.29 is 4.79 Å². The first kappa shape index (κ1) is 15.5. The number of hydrogen-bond acceptors (Lipinski definition) is 2. The Labute approximate surface area is 133 Å². The van der Waals surface area contributed by atoms with Crippen LogP contribution in [-0.2, 0) is 10.2 Å². The van der Waals surface area contributed by atoms with Gasteiger partial charge in [0, 0.05) is 18.4 Å². The van der Waals surface area contributed by atoms with Gasteiger partial charge in [0.25, 0.3) is 0 Å². The molecule has 0 unspecified atom stereocenters. The molecule has 0 aromatic heterocycles. The summed E-state index contributed by atoms with van der Waals surface area (Å²) in [6, 6.07) is 10.8. The Kier molecular flexibility index (Phi) is 5.14. The molecule has 1 aliphatic carbocycles. The van der Waals surface area contributed by atoms with Gasteiger partial charge in [-0.2, -0.15) is 0 Å². The zero-order chi connectivity index (χ0) is 15.3. The largest absolute Gasteiger partial charge is 0.355 e. The summed E-state index contributed by atoms with van der Waals surface area (Å²) < 4.78 is 0. The summed E-state index contributed by atoms with van der Waals surface area (Å²) >= 11 is 0. The third-order valence-electron chi connectivity index (χ3n) is 5.46. The van der Waals surface area contributed by atoms with Crippen molar-refractivity contribution >= 4 is 5.91 Å². The molecule has 22 heavy (non-hydrogen) atoms. The smallest absolute Gasteiger partial charge is 0.220 e. The molecule has 1 amide bonds. The summed E-state index contributed by atoms with van der Waals surface area (Å²) in [7, 11) is 0. The zero-order valence-electron chi connectivity index (χ0n) is 13.4. The fourth-order valence-electron chi connectivity index (χ4n) is 4.08. The molecule has 1 aromatic rings. The number of benzene rings is 1. The second-order valence-corrected chi connectivity index (χ2v) is 7.05. The number of rotatable bonds is 5. The fourth-order valence-corrected chi connectivity index (χ4v) is 4.08. The van der Waals surface area contributed by atoms with E-state index in [2.05, 4.69) is 41.0 Å². The van der Waals surface area contributed by atoms with Crippen LogP contribution in [0.25, 0.3) is 0 Å². The van der Waals surface area contributed by atoms with Crippen LogP contribution in [0.5, 0.6) is 0 Å². The first-order valence-electron chi connectivity index (χ1n) is 8.81. The van der Waals surface area contributed by atoms with Gasteiger partial charge in [0.05, 0.1) is 0 Å². The van der Waals surface area contributed by atoms with E-state index in [1.165, 1.54) is 37.7 Å². The van der Waals surface area contributed by atoms with Crippen LogP contribution in [0.2, 0.25) is 0 Å². The Bertz CT molecular complexity index is 473. The van der Waals surface area contributed by atoms with Crippen molar-refractivity contribution in [2.75, 3.05) is 19.6 Å². The highest BCUT2D eigenvalue weighted by Gasteiger charge is 2.34. The standard InChI is InChI=1S/C19H28N2O/c22-18(13-16-9-12-20-14-16)21-15-19(10-5-2-6-11-19)17-7-3-1-4-8-17/h1,3-4,7-8,16,20H,2,5-6,9-15H2,(H,21,22)/t16-/m0/s1. The predicted molar refractivity (Wildman–Crippen MR) is 89.8 cm³/mol. The monoisotopic (exact) mass is 300 g/mol. The van der Waals surface area contributed by atoms with Gasteiger partial charge in [0.15, 0.2) is 0 Å². The van der Waals surface area contributed by atoms with Crippen molar-refractivity contribution in [2.24, 2.45) is 5.92 Å². The molecule has 1 saturated carbocycles.